The Bertz CT molecular complexity index is 389. The van der Waals surface area contributed by atoms with Gasteiger partial charge in [0.05, 0.1) is 11.1 Å². The van der Waals surface area contributed by atoms with Gasteiger partial charge in [-0.15, -0.1) is 0 Å². The Morgan fingerprint density at radius 2 is 2.53 bits per heavy atom. The summed E-state index contributed by atoms with van der Waals surface area (Å²) in [6.45, 7) is 2.72. The molecule has 1 atom stereocenters. The number of hydrazine groups is 1. The molecule has 94 valence electrons. The number of rotatable bonds is 4. The van der Waals surface area contributed by atoms with Gasteiger partial charge in [0.1, 0.15) is 5.82 Å². The molecular formula is C10H16BrN5O. The molecule has 0 aliphatic carbocycles. The number of hydrogen-bond donors (Lipinski definition) is 2. The van der Waals surface area contributed by atoms with Crippen molar-refractivity contribution in [1.82, 2.24) is 9.97 Å². The molecule has 6 nitrogen and oxygen atoms in total. The van der Waals surface area contributed by atoms with Crippen molar-refractivity contribution in [3.8, 4) is 0 Å². The smallest absolute Gasteiger partial charge is 0.239 e. The zero-order chi connectivity index (χ0) is 12.3. The molecule has 0 spiro atoms. The average molecular weight is 302 g/mol. The fourth-order valence-corrected chi connectivity index (χ4v) is 2.49. The molecule has 0 bridgehead atoms. The van der Waals surface area contributed by atoms with Gasteiger partial charge in [0.2, 0.25) is 5.95 Å². The van der Waals surface area contributed by atoms with E-state index in [4.69, 9.17) is 10.6 Å². The molecule has 0 amide bonds. The molecule has 1 aliphatic heterocycles. The highest BCUT2D eigenvalue weighted by Crippen LogP contribution is 2.29. The lowest BCUT2D eigenvalue weighted by atomic mass is 10.1. The van der Waals surface area contributed by atoms with E-state index in [-0.39, 0.29) is 0 Å². The first-order valence-corrected chi connectivity index (χ1v) is 6.27. The first kappa shape index (κ1) is 12.5. The maximum absolute atomic E-state index is 5.31. The van der Waals surface area contributed by atoms with Crippen LogP contribution in [0.4, 0.5) is 11.8 Å². The van der Waals surface area contributed by atoms with E-state index in [1.165, 1.54) is 0 Å². The second-order valence-corrected chi connectivity index (χ2v) is 4.92. The maximum atomic E-state index is 5.31. The third kappa shape index (κ3) is 2.85. The fourth-order valence-electron chi connectivity index (χ4n) is 2.05. The van der Waals surface area contributed by atoms with Gasteiger partial charge in [0, 0.05) is 32.3 Å². The van der Waals surface area contributed by atoms with Crippen LogP contribution in [0.25, 0.3) is 0 Å². The van der Waals surface area contributed by atoms with Crippen LogP contribution < -0.4 is 16.2 Å². The monoisotopic (exact) mass is 301 g/mol. The third-order valence-corrected chi connectivity index (χ3v) is 3.40. The van der Waals surface area contributed by atoms with E-state index in [0.717, 1.165) is 36.4 Å². The first-order chi connectivity index (χ1) is 8.24. The van der Waals surface area contributed by atoms with E-state index in [1.54, 1.807) is 13.3 Å². The second kappa shape index (κ2) is 5.61. The molecule has 0 saturated carbocycles. The largest absolute Gasteiger partial charge is 0.384 e. The molecule has 1 saturated heterocycles. The van der Waals surface area contributed by atoms with Crippen molar-refractivity contribution < 1.29 is 4.74 Å². The van der Waals surface area contributed by atoms with Crippen LogP contribution in [0.3, 0.4) is 0 Å². The summed E-state index contributed by atoms with van der Waals surface area (Å²) in [5.41, 5.74) is 2.46. The van der Waals surface area contributed by atoms with Crippen LogP contribution in [-0.4, -0.2) is 36.8 Å². The second-order valence-electron chi connectivity index (χ2n) is 4.07. The molecule has 17 heavy (non-hydrogen) atoms. The predicted octanol–water partition coefficient (Wildman–Crippen LogP) is 0.997. The minimum Gasteiger partial charge on any atom is -0.384 e. The van der Waals surface area contributed by atoms with E-state index in [9.17, 15) is 0 Å². The van der Waals surface area contributed by atoms with Crippen LogP contribution in [0.15, 0.2) is 10.7 Å². The molecule has 1 fully saturated rings. The lowest BCUT2D eigenvalue weighted by Crippen LogP contribution is -2.23. The SMILES string of the molecule is COCC1CCN(c2nc(NN)ncc2Br)C1. The van der Waals surface area contributed by atoms with Crippen molar-refractivity contribution in [3.05, 3.63) is 10.7 Å². The number of methoxy groups -OCH3 is 1. The Labute approximate surface area is 109 Å². The highest BCUT2D eigenvalue weighted by Gasteiger charge is 2.25. The molecule has 0 aromatic carbocycles. The van der Waals surface area contributed by atoms with Gasteiger partial charge in [0.25, 0.3) is 0 Å². The van der Waals surface area contributed by atoms with Crippen molar-refractivity contribution in [2.45, 2.75) is 6.42 Å². The van der Waals surface area contributed by atoms with Gasteiger partial charge in [0.15, 0.2) is 0 Å². The van der Waals surface area contributed by atoms with Gasteiger partial charge in [-0.05, 0) is 22.4 Å². The highest BCUT2D eigenvalue weighted by molar-refractivity contribution is 9.10. The zero-order valence-electron chi connectivity index (χ0n) is 9.69. The Kier molecular flexibility index (Phi) is 4.14. The van der Waals surface area contributed by atoms with E-state index in [2.05, 4.69) is 36.2 Å². The summed E-state index contributed by atoms with van der Waals surface area (Å²) in [6.07, 6.45) is 2.83. The molecule has 3 N–H and O–H groups in total. The van der Waals surface area contributed by atoms with Crippen LogP contribution in [0.5, 0.6) is 0 Å². The lowest BCUT2D eigenvalue weighted by Gasteiger charge is -2.19. The van der Waals surface area contributed by atoms with Crippen molar-refractivity contribution in [2.24, 2.45) is 11.8 Å². The van der Waals surface area contributed by atoms with Gasteiger partial charge in [-0.2, -0.15) is 4.98 Å². The van der Waals surface area contributed by atoms with E-state index < -0.39 is 0 Å². The Balaban J connectivity index is 2.12. The summed E-state index contributed by atoms with van der Waals surface area (Å²) >= 11 is 3.46. The Hall–Kier alpha value is -0.920. The summed E-state index contributed by atoms with van der Waals surface area (Å²) < 4.78 is 6.07. The van der Waals surface area contributed by atoms with E-state index >= 15 is 0 Å². The molecule has 1 aromatic heterocycles. The van der Waals surface area contributed by atoms with Crippen LogP contribution >= 0.6 is 15.9 Å². The van der Waals surface area contributed by atoms with Crippen LogP contribution in [0.2, 0.25) is 0 Å². The molecule has 7 heteroatoms. The van der Waals surface area contributed by atoms with Gasteiger partial charge in [-0.1, -0.05) is 0 Å². The summed E-state index contributed by atoms with van der Waals surface area (Å²) in [5.74, 6) is 7.19. The molecule has 2 heterocycles. The number of nitrogen functional groups attached to an aromatic ring is 1. The number of aromatic nitrogens is 2. The van der Waals surface area contributed by atoms with Gasteiger partial charge < -0.3 is 9.64 Å². The standard InChI is InChI=1S/C10H16BrN5O/c1-17-6-7-2-3-16(5-7)9-8(11)4-13-10(14-9)15-12/h4,7H,2-3,5-6,12H2,1H3,(H,13,14,15). The molecule has 1 aromatic rings. The van der Waals surface area contributed by atoms with Gasteiger partial charge in [-0.25, -0.2) is 10.8 Å². The molecular weight excluding hydrogens is 286 g/mol. The molecule has 0 radical (unpaired) electrons. The quantitative estimate of drug-likeness (QED) is 0.638. The maximum Gasteiger partial charge on any atom is 0.239 e. The Morgan fingerprint density at radius 3 is 3.24 bits per heavy atom. The zero-order valence-corrected chi connectivity index (χ0v) is 11.3. The van der Waals surface area contributed by atoms with Crippen molar-refractivity contribution in [1.29, 1.82) is 0 Å². The number of halogens is 1. The minimum absolute atomic E-state index is 0.429. The summed E-state index contributed by atoms with van der Waals surface area (Å²) in [5, 5.41) is 0. The van der Waals surface area contributed by atoms with Crippen LogP contribution in [0, 0.1) is 5.92 Å². The third-order valence-electron chi connectivity index (χ3n) is 2.84. The number of anilines is 2. The van der Waals surface area contributed by atoms with Crippen molar-refractivity contribution in [3.63, 3.8) is 0 Å². The number of nitrogens with one attached hydrogen (secondary N) is 1. The predicted molar refractivity (Wildman–Crippen MR) is 69.7 cm³/mol. The van der Waals surface area contributed by atoms with Crippen LogP contribution in [0.1, 0.15) is 6.42 Å². The number of hydrogen-bond acceptors (Lipinski definition) is 6. The number of ether oxygens (including phenoxy) is 1. The summed E-state index contributed by atoms with van der Waals surface area (Å²) in [7, 11) is 1.74. The highest BCUT2D eigenvalue weighted by atomic mass is 79.9. The molecule has 1 aliphatic rings. The first-order valence-electron chi connectivity index (χ1n) is 5.47. The average Bonchev–Trinajstić information content (AvgIpc) is 2.79. The summed E-state index contributed by atoms with van der Waals surface area (Å²) in [4.78, 5) is 10.6. The topological polar surface area (TPSA) is 76.3 Å². The summed E-state index contributed by atoms with van der Waals surface area (Å²) in [6, 6.07) is 0. The van der Waals surface area contributed by atoms with E-state index in [1.807, 2.05) is 0 Å². The van der Waals surface area contributed by atoms with Gasteiger partial charge >= 0.3 is 0 Å². The normalized spacial score (nSPS) is 19.7. The van der Waals surface area contributed by atoms with Gasteiger partial charge in [-0.3, -0.25) is 5.43 Å². The minimum atomic E-state index is 0.429. The van der Waals surface area contributed by atoms with Crippen LogP contribution in [-0.2, 0) is 4.74 Å². The van der Waals surface area contributed by atoms with Crippen molar-refractivity contribution >= 4 is 27.7 Å². The Morgan fingerprint density at radius 1 is 1.71 bits per heavy atom. The van der Waals surface area contributed by atoms with E-state index in [0.29, 0.717) is 11.9 Å². The number of nitrogens with zero attached hydrogens (tertiary/aromatic N) is 3. The number of nitrogens with two attached hydrogens (primary N) is 1. The lowest BCUT2D eigenvalue weighted by molar-refractivity contribution is 0.161. The molecule has 1 unspecified atom stereocenters. The van der Waals surface area contributed by atoms with Crippen molar-refractivity contribution in [2.75, 3.05) is 37.1 Å². The molecule has 2 rings (SSSR count). The fraction of sp³-hybridized carbons (Fsp3) is 0.600.